The first kappa shape index (κ1) is 12.1. The summed E-state index contributed by atoms with van der Waals surface area (Å²) in [6.45, 7) is 0. The highest BCUT2D eigenvalue weighted by molar-refractivity contribution is 8.15. The van der Waals surface area contributed by atoms with Crippen molar-refractivity contribution in [1.82, 2.24) is 4.90 Å². The molecule has 1 unspecified atom stereocenters. The first-order chi connectivity index (χ1) is 5.25. The van der Waals surface area contributed by atoms with Crippen LogP contribution in [0.25, 0.3) is 0 Å². The minimum absolute atomic E-state index is 0.264. The van der Waals surface area contributed by atoms with Gasteiger partial charge >= 0.3 is 6.18 Å². The van der Waals surface area contributed by atoms with E-state index in [1.807, 2.05) is 0 Å². The lowest BCUT2D eigenvalue weighted by Crippen LogP contribution is -2.26. The molecule has 0 aromatic heterocycles. The van der Waals surface area contributed by atoms with E-state index in [0.29, 0.717) is 0 Å². The molecule has 0 amide bonds. The van der Waals surface area contributed by atoms with Crippen LogP contribution in [0.3, 0.4) is 0 Å². The van der Waals surface area contributed by atoms with E-state index in [1.165, 1.54) is 19.0 Å². The fourth-order valence-electron chi connectivity index (χ4n) is 0.269. The zero-order chi connectivity index (χ0) is 9.94. The molecule has 1 atom stereocenters. The van der Waals surface area contributed by atoms with E-state index in [4.69, 9.17) is 17.0 Å². The van der Waals surface area contributed by atoms with Crippen molar-refractivity contribution >= 4 is 28.4 Å². The molecule has 72 valence electrons. The van der Waals surface area contributed by atoms with Gasteiger partial charge in [-0.25, -0.2) is 0 Å². The normalized spacial score (nSPS) is 14.9. The van der Waals surface area contributed by atoms with Gasteiger partial charge in [0.15, 0.2) is 5.04 Å². The van der Waals surface area contributed by atoms with Crippen molar-refractivity contribution < 1.29 is 13.2 Å². The third-order valence-corrected chi connectivity index (χ3v) is 2.62. The maximum absolute atomic E-state index is 11.8. The van der Waals surface area contributed by atoms with Gasteiger partial charge in [-0.3, -0.25) is 10.3 Å². The molecule has 0 aromatic rings. The Morgan fingerprint density at radius 3 is 2.17 bits per heavy atom. The van der Waals surface area contributed by atoms with Gasteiger partial charge in [0.05, 0.1) is 0 Å². The number of alkyl halides is 4. The van der Waals surface area contributed by atoms with E-state index in [0.717, 1.165) is 0 Å². The fraction of sp³-hybridized carbons (Fsp3) is 0.800. The molecule has 0 heterocycles. The highest BCUT2D eigenvalue weighted by atomic mass is 35.5. The predicted octanol–water partition coefficient (Wildman–Crippen LogP) is 2.34. The van der Waals surface area contributed by atoms with Gasteiger partial charge < -0.3 is 0 Å². The number of halogens is 4. The molecule has 1 N–H and O–H groups in total. The fourth-order valence-corrected chi connectivity index (χ4v) is 1.08. The first-order valence-corrected chi connectivity index (χ1v) is 4.19. The molecule has 0 saturated heterocycles. The monoisotopic (exact) mass is 220 g/mol. The first-order valence-electron chi connectivity index (χ1n) is 2.88. The Kier molecular flexibility index (Phi) is 4.36. The lowest BCUT2D eigenvalue weighted by molar-refractivity contribution is -0.0561. The zero-order valence-corrected chi connectivity index (χ0v) is 8.02. The van der Waals surface area contributed by atoms with Crippen molar-refractivity contribution in [2.24, 2.45) is 0 Å². The van der Waals surface area contributed by atoms with Crippen LogP contribution in [0.1, 0.15) is 0 Å². The van der Waals surface area contributed by atoms with Crippen LogP contribution in [0, 0.1) is 5.41 Å². The molecule has 0 spiro atoms. The van der Waals surface area contributed by atoms with Crippen molar-refractivity contribution in [3.05, 3.63) is 0 Å². The van der Waals surface area contributed by atoms with Crippen LogP contribution in [0.15, 0.2) is 0 Å². The Morgan fingerprint density at radius 2 is 1.92 bits per heavy atom. The number of hydrogen-bond acceptors (Lipinski definition) is 3. The van der Waals surface area contributed by atoms with Crippen LogP contribution in [0.5, 0.6) is 0 Å². The van der Waals surface area contributed by atoms with Crippen LogP contribution in [0.2, 0.25) is 0 Å². The molecule has 0 aliphatic rings. The van der Waals surface area contributed by atoms with E-state index < -0.39 is 16.1 Å². The molecule has 0 saturated carbocycles. The van der Waals surface area contributed by atoms with Gasteiger partial charge in [-0.2, -0.15) is 13.2 Å². The van der Waals surface area contributed by atoms with E-state index in [1.54, 1.807) is 0 Å². The second-order valence-corrected chi connectivity index (χ2v) is 3.96. The van der Waals surface area contributed by atoms with Crippen LogP contribution in [-0.2, 0) is 0 Å². The molecule has 7 heteroatoms. The summed E-state index contributed by atoms with van der Waals surface area (Å²) in [6.07, 6.45) is -4.59. The van der Waals surface area contributed by atoms with Crippen LogP contribution >= 0.6 is 23.4 Å². The summed E-state index contributed by atoms with van der Waals surface area (Å²) in [5.74, 6) is 0. The number of hydrogen-bond donors (Lipinski definition) is 1. The van der Waals surface area contributed by atoms with Crippen LogP contribution in [0.4, 0.5) is 13.2 Å². The highest BCUT2D eigenvalue weighted by Gasteiger charge is 2.36. The molecule has 0 aliphatic carbocycles. The van der Waals surface area contributed by atoms with Gasteiger partial charge in [-0.15, -0.1) is 0 Å². The summed E-state index contributed by atoms with van der Waals surface area (Å²) in [6, 6.07) is 0. The Morgan fingerprint density at radius 1 is 1.50 bits per heavy atom. The van der Waals surface area contributed by atoms with Crippen molar-refractivity contribution in [2.75, 3.05) is 14.1 Å². The minimum atomic E-state index is -4.59. The van der Waals surface area contributed by atoms with Gasteiger partial charge in [0.1, 0.15) is 4.83 Å². The SMILES string of the molecule is CN(C)C(Cl)SC(=N)C(F)(F)F. The summed E-state index contributed by atoms with van der Waals surface area (Å²) in [7, 11) is 3.07. The van der Waals surface area contributed by atoms with Gasteiger partial charge in [0.25, 0.3) is 0 Å². The topological polar surface area (TPSA) is 27.1 Å². The lowest BCUT2D eigenvalue weighted by Gasteiger charge is -2.17. The second kappa shape index (κ2) is 4.34. The Bertz CT molecular complexity index is 171. The Labute approximate surface area is 77.6 Å². The molecular weight excluding hydrogens is 213 g/mol. The third kappa shape index (κ3) is 4.18. The van der Waals surface area contributed by atoms with Crippen molar-refractivity contribution in [3.63, 3.8) is 0 Å². The molecule has 12 heavy (non-hydrogen) atoms. The summed E-state index contributed by atoms with van der Waals surface area (Å²) >= 11 is 5.73. The summed E-state index contributed by atoms with van der Waals surface area (Å²) in [4.78, 5) is 0.520. The summed E-state index contributed by atoms with van der Waals surface area (Å²) in [5.41, 5.74) is 0. The average Bonchev–Trinajstić information content (AvgIpc) is 1.85. The number of nitrogens with one attached hydrogen (secondary N) is 1. The smallest absolute Gasteiger partial charge is 0.290 e. The maximum Gasteiger partial charge on any atom is 0.438 e. The van der Waals surface area contributed by atoms with Gasteiger partial charge in [0.2, 0.25) is 0 Å². The van der Waals surface area contributed by atoms with Crippen molar-refractivity contribution in [3.8, 4) is 0 Å². The minimum Gasteiger partial charge on any atom is -0.290 e. The van der Waals surface area contributed by atoms with Crippen molar-refractivity contribution in [1.29, 1.82) is 5.41 Å². The average molecular weight is 221 g/mol. The largest absolute Gasteiger partial charge is 0.438 e. The zero-order valence-electron chi connectivity index (χ0n) is 6.44. The van der Waals surface area contributed by atoms with Crippen LogP contribution in [-0.4, -0.2) is 35.0 Å². The molecule has 0 rings (SSSR count). The number of thioether (sulfide) groups is 1. The summed E-state index contributed by atoms with van der Waals surface area (Å²) in [5, 5.41) is 5.21. The van der Waals surface area contributed by atoms with Gasteiger partial charge in [0, 0.05) is 0 Å². The quantitative estimate of drug-likeness (QED) is 0.254. The Hall–Kier alpha value is 0.0600. The van der Waals surface area contributed by atoms with E-state index >= 15 is 0 Å². The molecule has 0 radical (unpaired) electrons. The van der Waals surface area contributed by atoms with Crippen LogP contribution < -0.4 is 0 Å². The third-order valence-electron chi connectivity index (χ3n) is 0.879. The molecular formula is C5H8ClF3N2S. The van der Waals surface area contributed by atoms with Crippen molar-refractivity contribution in [2.45, 2.75) is 11.0 Å². The highest BCUT2D eigenvalue weighted by Crippen LogP contribution is 2.28. The lowest BCUT2D eigenvalue weighted by atomic mass is 10.7. The molecule has 0 fully saturated rings. The molecule has 0 aliphatic heterocycles. The number of nitrogens with zero attached hydrogens (tertiary/aromatic N) is 1. The standard InChI is InChI=1S/C5H8ClF3N2S/c1-11(2)4(6)12-3(10)5(7,8)9/h4,10H,1-2H3. The van der Waals surface area contributed by atoms with E-state index in [2.05, 4.69) is 0 Å². The summed E-state index contributed by atoms with van der Waals surface area (Å²) < 4.78 is 35.3. The van der Waals surface area contributed by atoms with Gasteiger partial charge in [-0.1, -0.05) is 23.4 Å². The predicted molar refractivity (Wildman–Crippen MR) is 44.7 cm³/mol. The number of rotatable bonds is 2. The van der Waals surface area contributed by atoms with E-state index in [-0.39, 0.29) is 11.8 Å². The molecule has 2 nitrogen and oxygen atoms in total. The van der Waals surface area contributed by atoms with E-state index in [9.17, 15) is 13.2 Å². The second-order valence-electron chi connectivity index (χ2n) is 2.20. The van der Waals surface area contributed by atoms with Gasteiger partial charge in [-0.05, 0) is 14.1 Å². The maximum atomic E-state index is 11.8. The molecule has 0 bridgehead atoms. The Balaban J connectivity index is 4.02. The molecule has 0 aromatic carbocycles.